The van der Waals surface area contributed by atoms with Gasteiger partial charge in [-0.2, -0.15) is 0 Å². The molecule has 1 fully saturated rings. The summed E-state index contributed by atoms with van der Waals surface area (Å²) < 4.78 is 3.39. The lowest BCUT2D eigenvalue weighted by atomic mass is 9.79. The highest BCUT2D eigenvalue weighted by Gasteiger charge is 2.40. The van der Waals surface area contributed by atoms with Crippen LogP contribution in [0.2, 0.25) is 0 Å². The lowest BCUT2D eigenvalue weighted by Crippen LogP contribution is -2.52. The fraction of sp³-hybridized carbons (Fsp3) is 0.414. The summed E-state index contributed by atoms with van der Waals surface area (Å²) in [4.78, 5) is 48.5. The number of nitrogens with one attached hydrogen (secondary N) is 2. The molecule has 3 aromatic heterocycles. The van der Waals surface area contributed by atoms with Crippen LogP contribution in [0.4, 0.5) is 15.3 Å². The molecule has 1 aliphatic rings. The number of benzene rings is 1. The van der Waals surface area contributed by atoms with Crippen LogP contribution in [-0.2, 0) is 7.05 Å². The fourth-order valence-corrected chi connectivity index (χ4v) is 5.68. The van der Waals surface area contributed by atoms with E-state index < -0.39 is 6.09 Å². The Morgan fingerprint density at radius 2 is 1.85 bits per heavy atom. The third-order valence-electron chi connectivity index (χ3n) is 7.72. The Bertz CT molecular complexity index is 1650. The SMILES string of the molecule is CCNC(=O)Nc1ccc(-c2ccc3ncc4c(c3n2)n(C2CCN(C(=O)O)C(C(C)(C)C)C2)c(=O)n4C)cc1. The maximum absolute atomic E-state index is 13.6. The van der Waals surface area contributed by atoms with Gasteiger partial charge in [0.05, 0.1) is 28.4 Å². The van der Waals surface area contributed by atoms with Crippen molar-refractivity contribution in [1.82, 2.24) is 29.3 Å². The van der Waals surface area contributed by atoms with Crippen molar-refractivity contribution in [3.05, 3.63) is 53.1 Å². The maximum atomic E-state index is 13.6. The number of pyridine rings is 2. The average Bonchev–Trinajstić information content (AvgIpc) is 3.18. The van der Waals surface area contributed by atoms with Gasteiger partial charge < -0.3 is 20.6 Å². The van der Waals surface area contributed by atoms with Crippen LogP contribution in [0, 0.1) is 5.41 Å². The molecule has 4 heterocycles. The van der Waals surface area contributed by atoms with E-state index in [0.717, 1.165) is 5.56 Å². The highest BCUT2D eigenvalue weighted by molar-refractivity contribution is 6.00. The third-order valence-corrected chi connectivity index (χ3v) is 7.72. The van der Waals surface area contributed by atoms with Gasteiger partial charge in [0.2, 0.25) is 0 Å². The van der Waals surface area contributed by atoms with Crippen molar-refractivity contribution in [1.29, 1.82) is 0 Å². The fourth-order valence-electron chi connectivity index (χ4n) is 5.68. The number of carbonyl (C=O) groups excluding carboxylic acids is 1. The zero-order valence-corrected chi connectivity index (χ0v) is 23.4. The van der Waals surface area contributed by atoms with Gasteiger partial charge in [0.1, 0.15) is 5.52 Å². The standard InChI is InChI=1S/C29H35N7O4/c1-6-30-26(37)32-18-9-7-17(8-10-18)20-11-12-21-24(33-20)25-22(16-31-21)34(5)27(38)36(25)19-13-14-35(28(39)40)23(15-19)29(2,3)4/h7-12,16,19,23H,6,13-15H2,1-5H3,(H,39,40)(H2,30,32,37). The Kier molecular flexibility index (Phi) is 6.99. The molecule has 4 aromatic rings. The van der Waals surface area contributed by atoms with Gasteiger partial charge in [-0.05, 0) is 49.4 Å². The van der Waals surface area contributed by atoms with Crippen LogP contribution in [0.1, 0.15) is 46.6 Å². The molecule has 3 N–H and O–H groups in total. The number of aryl methyl sites for hydroxylation is 1. The van der Waals surface area contributed by atoms with E-state index in [4.69, 9.17) is 4.98 Å². The zero-order valence-electron chi connectivity index (χ0n) is 23.4. The Hall–Kier alpha value is -4.41. The Morgan fingerprint density at radius 1 is 1.12 bits per heavy atom. The molecule has 40 heavy (non-hydrogen) atoms. The van der Waals surface area contributed by atoms with Gasteiger partial charge in [-0.1, -0.05) is 32.9 Å². The third kappa shape index (κ3) is 4.87. The first kappa shape index (κ1) is 27.2. The van der Waals surface area contributed by atoms with E-state index in [1.54, 1.807) is 22.4 Å². The summed E-state index contributed by atoms with van der Waals surface area (Å²) in [5.41, 5.74) is 4.43. The van der Waals surface area contributed by atoms with Crippen LogP contribution >= 0.6 is 0 Å². The summed E-state index contributed by atoms with van der Waals surface area (Å²) in [6, 6.07) is 10.5. The molecule has 0 bridgehead atoms. The normalized spacial score (nSPS) is 17.8. The smallest absolute Gasteiger partial charge is 0.407 e. The highest BCUT2D eigenvalue weighted by Crippen LogP contribution is 2.38. The number of urea groups is 1. The van der Waals surface area contributed by atoms with Crippen LogP contribution in [0.3, 0.4) is 0 Å². The number of likely N-dealkylation sites (tertiary alicyclic amines) is 1. The number of hydrogen-bond donors (Lipinski definition) is 3. The molecular weight excluding hydrogens is 510 g/mol. The molecule has 11 heteroatoms. The monoisotopic (exact) mass is 545 g/mol. The molecule has 0 radical (unpaired) electrons. The van der Waals surface area contributed by atoms with E-state index in [-0.39, 0.29) is 29.2 Å². The Balaban J connectivity index is 1.59. The first-order chi connectivity index (χ1) is 19.0. The number of fused-ring (bicyclic) bond motifs is 3. The molecule has 1 saturated heterocycles. The molecule has 1 aromatic carbocycles. The van der Waals surface area contributed by atoms with Gasteiger partial charge in [-0.25, -0.2) is 19.4 Å². The number of rotatable bonds is 4. The topological polar surface area (TPSA) is 134 Å². The number of carbonyl (C=O) groups is 2. The van der Waals surface area contributed by atoms with E-state index in [1.165, 1.54) is 4.90 Å². The molecule has 11 nitrogen and oxygen atoms in total. The Morgan fingerprint density at radius 3 is 2.50 bits per heavy atom. The highest BCUT2D eigenvalue weighted by atomic mass is 16.4. The second-order valence-corrected chi connectivity index (χ2v) is 11.4. The summed E-state index contributed by atoms with van der Waals surface area (Å²) in [5, 5.41) is 15.3. The van der Waals surface area contributed by atoms with E-state index in [0.29, 0.717) is 59.4 Å². The van der Waals surface area contributed by atoms with E-state index in [9.17, 15) is 19.5 Å². The second kappa shape index (κ2) is 10.3. The van der Waals surface area contributed by atoms with Crippen molar-refractivity contribution < 1.29 is 14.7 Å². The lowest BCUT2D eigenvalue weighted by molar-refractivity contribution is 0.0429. The van der Waals surface area contributed by atoms with Gasteiger partial charge in [0.15, 0.2) is 0 Å². The molecule has 3 amide bonds. The van der Waals surface area contributed by atoms with Crippen molar-refractivity contribution in [3.8, 4) is 11.3 Å². The number of carboxylic acid groups (broad SMARTS) is 1. The van der Waals surface area contributed by atoms with Crippen LogP contribution < -0.4 is 16.3 Å². The molecule has 1 aliphatic heterocycles. The van der Waals surface area contributed by atoms with Crippen molar-refractivity contribution in [2.45, 2.75) is 52.6 Å². The lowest BCUT2D eigenvalue weighted by Gasteiger charge is -2.44. The molecule has 0 aliphatic carbocycles. The molecule has 2 atom stereocenters. The average molecular weight is 546 g/mol. The number of piperidine rings is 1. The first-order valence-corrected chi connectivity index (χ1v) is 13.5. The van der Waals surface area contributed by atoms with E-state index >= 15 is 0 Å². The number of nitrogens with zero attached hydrogens (tertiary/aromatic N) is 5. The van der Waals surface area contributed by atoms with Crippen molar-refractivity contribution in [2.75, 3.05) is 18.4 Å². The number of amides is 3. The molecular formula is C29H35N7O4. The minimum absolute atomic E-state index is 0.168. The van der Waals surface area contributed by atoms with Crippen LogP contribution in [-0.4, -0.2) is 60.4 Å². The molecule has 0 saturated carbocycles. The predicted molar refractivity (Wildman–Crippen MR) is 155 cm³/mol. The first-order valence-electron chi connectivity index (χ1n) is 13.5. The van der Waals surface area contributed by atoms with E-state index in [2.05, 4.69) is 15.6 Å². The molecule has 0 spiro atoms. The summed E-state index contributed by atoms with van der Waals surface area (Å²) in [5.74, 6) is 0. The largest absolute Gasteiger partial charge is 0.465 e. The minimum Gasteiger partial charge on any atom is -0.465 e. The Labute approximate surface area is 231 Å². The number of hydrogen-bond acceptors (Lipinski definition) is 5. The molecule has 5 rings (SSSR count). The molecule has 2 unspecified atom stereocenters. The van der Waals surface area contributed by atoms with Crippen molar-refractivity contribution in [3.63, 3.8) is 0 Å². The maximum Gasteiger partial charge on any atom is 0.407 e. The van der Waals surface area contributed by atoms with Crippen molar-refractivity contribution >= 4 is 39.9 Å². The van der Waals surface area contributed by atoms with Gasteiger partial charge >= 0.3 is 17.8 Å². The summed E-state index contributed by atoms with van der Waals surface area (Å²) in [7, 11) is 1.73. The quantitative estimate of drug-likeness (QED) is 0.337. The summed E-state index contributed by atoms with van der Waals surface area (Å²) in [6.45, 7) is 8.84. The zero-order chi connectivity index (χ0) is 28.8. The summed E-state index contributed by atoms with van der Waals surface area (Å²) in [6.07, 6.45) is 1.82. The van der Waals surface area contributed by atoms with Crippen molar-refractivity contribution in [2.24, 2.45) is 12.5 Å². The van der Waals surface area contributed by atoms with Crippen LogP contribution in [0.25, 0.3) is 33.3 Å². The second-order valence-electron chi connectivity index (χ2n) is 11.4. The van der Waals surface area contributed by atoms with Gasteiger partial charge in [0.25, 0.3) is 0 Å². The molecule has 210 valence electrons. The summed E-state index contributed by atoms with van der Waals surface area (Å²) >= 11 is 0. The predicted octanol–water partition coefficient (Wildman–Crippen LogP) is 4.82. The van der Waals surface area contributed by atoms with Crippen LogP contribution in [0.5, 0.6) is 0 Å². The minimum atomic E-state index is -0.934. The van der Waals surface area contributed by atoms with Crippen LogP contribution in [0.15, 0.2) is 47.4 Å². The van der Waals surface area contributed by atoms with Gasteiger partial charge in [0, 0.05) is 43.5 Å². The number of imidazole rings is 1. The van der Waals surface area contributed by atoms with Gasteiger partial charge in [-0.15, -0.1) is 0 Å². The van der Waals surface area contributed by atoms with E-state index in [1.807, 2.05) is 64.1 Å². The number of aromatic nitrogens is 4. The van der Waals surface area contributed by atoms with Gasteiger partial charge in [-0.3, -0.25) is 14.1 Å². The number of anilines is 1.